The van der Waals surface area contributed by atoms with Gasteiger partial charge in [0.15, 0.2) is 16.4 Å². The maximum atomic E-state index is 14.4. The van der Waals surface area contributed by atoms with Crippen LogP contribution in [0, 0.1) is 5.41 Å². The monoisotopic (exact) mass is 763 g/mol. The van der Waals surface area contributed by atoms with E-state index in [1.807, 2.05) is 18.4 Å². The van der Waals surface area contributed by atoms with Crippen molar-refractivity contribution in [2.75, 3.05) is 36.6 Å². The molecule has 0 unspecified atom stereocenters. The lowest BCUT2D eigenvalue weighted by Gasteiger charge is -2.37. The van der Waals surface area contributed by atoms with E-state index in [-0.39, 0.29) is 16.4 Å². The highest BCUT2D eigenvalue weighted by atomic mass is 35.5. The number of carbonyl (C=O) groups excluding carboxylic acids is 2. The van der Waals surface area contributed by atoms with Crippen molar-refractivity contribution in [3.8, 4) is 5.75 Å². The fourth-order valence-corrected chi connectivity index (χ4v) is 9.08. The average molecular weight is 765 g/mol. The molecule has 3 aromatic rings. The fourth-order valence-electron chi connectivity index (χ4n) is 6.16. The normalized spacial score (nSPS) is 15.3. The van der Waals surface area contributed by atoms with Gasteiger partial charge in [-0.05, 0) is 67.1 Å². The van der Waals surface area contributed by atoms with Crippen LogP contribution < -0.4 is 20.3 Å². The van der Waals surface area contributed by atoms with Crippen molar-refractivity contribution in [3.63, 3.8) is 0 Å². The molecule has 1 atom stereocenters. The Labute approximate surface area is 308 Å². The molecule has 3 N–H and O–H groups in total. The standard InChI is InChI=1S/C36H43Cl2N3O7S2/c1-4-6-16-36(17-7-5-2)22-41(27-14-12-26(38)13-15-27)28-18-30(49-3)29(19-31(28)50(46,47)23-36)48-21-32(42)40-34(35(45)39-20-33(43)44)24-8-10-25(37)11-9-24/h8-15,18-19,34H,4-7,16-17,20-23H2,1-3H3,(H,39,45)(H,40,42)(H,43,44)/t34-/m1/s1. The summed E-state index contributed by atoms with van der Waals surface area (Å²) in [4.78, 5) is 40.0. The second-order valence-corrected chi connectivity index (χ2v) is 16.1. The second-order valence-electron chi connectivity index (χ2n) is 12.5. The lowest BCUT2D eigenvalue weighted by molar-refractivity contribution is -0.138. The van der Waals surface area contributed by atoms with Crippen LogP contribution >= 0.6 is 35.0 Å². The van der Waals surface area contributed by atoms with E-state index in [1.54, 1.807) is 42.5 Å². The number of anilines is 2. The number of halogens is 2. The lowest BCUT2D eigenvalue weighted by atomic mass is 9.79. The zero-order valence-electron chi connectivity index (χ0n) is 28.3. The second kappa shape index (κ2) is 17.7. The fraction of sp³-hybridized carbons (Fsp3) is 0.417. The Morgan fingerprint density at radius 2 is 1.58 bits per heavy atom. The molecule has 14 heteroatoms. The maximum Gasteiger partial charge on any atom is 0.322 e. The number of carbonyl (C=O) groups is 3. The van der Waals surface area contributed by atoms with Crippen molar-refractivity contribution in [2.45, 2.75) is 68.2 Å². The zero-order chi connectivity index (χ0) is 36.5. The van der Waals surface area contributed by atoms with Crippen LogP contribution in [0.3, 0.4) is 0 Å². The van der Waals surface area contributed by atoms with Crippen LogP contribution in [0.15, 0.2) is 70.5 Å². The van der Waals surface area contributed by atoms with Crippen LogP contribution in [0.4, 0.5) is 11.4 Å². The number of unbranched alkanes of at least 4 members (excludes halogenated alkanes) is 2. The Hall–Kier alpha value is -3.45. The van der Waals surface area contributed by atoms with Gasteiger partial charge >= 0.3 is 5.97 Å². The average Bonchev–Trinajstić information content (AvgIpc) is 3.18. The number of ether oxygens (including phenoxy) is 1. The molecule has 0 aromatic heterocycles. The summed E-state index contributed by atoms with van der Waals surface area (Å²) in [7, 11) is -3.83. The Morgan fingerprint density at radius 1 is 0.980 bits per heavy atom. The summed E-state index contributed by atoms with van der Waals surface area (Å²) in [6.07, 6.45) is 7.03. The number of hydrogen-bond acceptors (Lipinski definition) is 8. The number of carboxylic acid groups (broad SMARTS) is 1. The van der Waals surface area contributed by atoms with Crippen LogP contribution in [-0.4, -0.2) is 63.0 Å². The number of rotatable bonds is 16. The molecule has 0 saturated carbocycles. The smallest absolute Gasteiger partial charge is 0.322 e. The Bertz CT molecular complexity index is 1760. The van der Waals surface area contributed by atoms with E-state index in [4.69, 9.17) is 33.0 Å². The highest BCUT2D eigenvalue weighted by molar-refractivity contribution is 7.98. The van der Waals surface area contributed by atoms with Crippen molar-refractivity contribution in [1.29, 1.82) is 0 Å². The molecular weight excluding hydrogens is 721 g/mol. The van der Waals surface area contributed by atoms with Crippen LogP contribution in [0.1, 0.15) is 64.0 Å². The Balaban J connectivity index is 1.70. The first-order chi connectivity index (χ1) is 23.8. The van der Waals surface area contributed by atoms with E-state index in [2.05, 4.69) is 29.4 Å². The summed E-state index contributed by atoms with van der Waals surface area (Å²) in [5, 5.41) is 14.9. The molecule has 4 rings (SSSR count). The molecule has 1 aliphatic heterocycles. The Morgan fingerprint density at radius 3 is 2.14 bits per heavy atom. The van der Waals surface area contributed by atoms with Crippen LogP contribution in [0.25, 0.3) is 0 Å². The molecule has 0 saturated heterocycles. The molecule has 10 nitrogen and oxygen atoms in total. The SMILES string of the molecule is CCCCC1(CCCC)CN(c2ccc(Cl)cc2)c2cc(SC)c(OCC(=O)N[C@@H](C(=O)NCC(=O)O)c3ccc(Cl)cc3)cc2S(=O)(=O)C1. The van der Waals surface area contributed by atoms with Gasteiger partial charge in [0.2, 0.25) is 5.91 Å². The van der Waals surface area contributed by atoms with Crippen molar-refractivity contribution in [2.24, 2.45) is 5.41 Å². The molecular formula is C36H43Cl2N3O7S2. The predicted octanol–water partition coefficient (Wildman–Crippen LogP) is 7.44. The van der Waals surface area contributed by atoms with Crippen LogP contribution in [0.2, 0.25) is 10.0 Å². The summed E-state index contributed by atoms with van der Waals surface area (Å²) in [6.45, 7) is 3.54. The first-order valence-electron chi connectivity index (χ1n) is 16.5. The summed E-state index contributed by atoms with van der Waals surface area (Å²) in [5.74, 6) is -2.47. The number of hydrogen-bond donors (Lipinski definition) is 3. The van der Waals surface area contributed by atoms with Gasteiger partial charge in [-0.2, -0.15) is 0 Å². The molecule has 1 heterocycles. The number of thioether (sulfide) groups is 1. The highest BCUT2D eigenvalue weighted by Crippen LogP contribution is 2.48. The molecule has 3 aromatic carbocycles. The number of benzene rings is 3. The van der Waals surface area contributed by atoms with Gasteiger partial charge in [0.1, 0.15) is 18.3 Å². The lowest BCUT2D eigenvalue weighted by Crippen LogP contribution is -2.43. The van der Waals surface area contributed by atoms with E-state index in [0.29, 0.717) is 32.7 Å². The molecule has 2 amide bonds. The van der Waals surface area contributed by atoms with Gasteiger partial charge in [-0.25, -0.2) is 8.42 Å². The molecule has 0 aliphatic carbocycles. The Kier molecular flexibility index (Phi) is 13.9. The van der Waals surface area contributed by atoms with E-state index in [1.165, 1.54) is 17.8 Å². The third kappa shape index (κ3) is 10.1. The topological polar surface area (TPSA) is 142 Å². The molecule has 1 aliphatic rings. The third-order valence-electron chi connectivity index (χ3n) is 8.66. The molecule has 0 radical (unpaired) electrons. The van der Waals surface area contributed by atoms with Gasteiger partial charge in [-0.3, -0.25) is 14.4 Å². The number of aliphatic carboxylic acids is 1. The number of fused-ring (bicyclic) bond motifs is 1. The first kappa shape index (κ1) is 39.3. The minimum atomic E-state index is -3.83. The maximum absolute atomic E-state index is 14.4. The summed E-state index contributed by atoms with van der Waals surface area (Å²) in [6, 6.07) is 15.6. The van der Waals surface area contributed by atoms with Gasteiger partial charge in [0, 0.05) is 33.8 Å². The van der Waals surface area contributed by atoms with Crippen molar-refractivity contribution in [1.82, 2.24) is 10.6 Å². The summed E-state index contributed by atoms with van der Waals surface area (Å²) < 4.78 is 34.7. The minimum absolute atomic E-state index is 0.0240. The van der Waals surface area contributed by atoms with E-state index in [9.17, 15) is 22.8 Å². The van der Waals surface area contributed by atoms with Crippen LogP contribution in [0.5, 0.6) is 5.75 Å². The minimum Gasteiger partial charge on any atom is -0.483 e. The van der Waals surface area contributed by atoms with Gasteiger partial charge in [-0.15, -0.1) is 11.8 Å². The largest absolute Gasteiger partial charge is 0.483 e. The number of carboxylic acids is 1. The predicted molar refractivity (Wildman–Crippen MR) is 199 cm³/mol. The number of amides is 2. The molecule has 0 bridgehead atoms. The molecule has 0 fully saturated rings. The first-order valence-corrected chi connectivity index (χ1v) is 20.1. The summed E-state index contributed by atoms with van der Waals surface area (Å²) in [5.41, 5.74) is 1.23. The van der Waals surface area contributed by atoms with Gasteiger partial charge in [0.25, 0.3) is 5.91 Å². The van der Waals surface area contributed by atoms with Gasteiger partial charge in [-0.1, -0.05) is 74.9 Å². The quantitative estimate of drug-likeness (QED) is 0.127. The van der Waals surface area contributed by atoms with Crippen molar-refractivity contribution >= 4 is 74.0 Å². The number of nitrogens with zero attached hydrogens (tertiary/aromatic N) is 1. The van der Waals surface area contributed by atoms with Crippen molar-refractivity contribution < 1.29 is 32.6 Å². The van der Waals surface area contributed by atoms with E-state index in [0.717, 1.165) is 44.2 Å². The van der Waals surface area contributed by atoms with Gasteiger partial charge in [0.05, 0.1) is 21.2 Å². The molecule has 270 valence electrons. The van der Waals surface area contributed by atoms with E-state index >= 15 is 0 Å². The number of sulfone groups is 1. The van der Waals surface area contributed by atoms with Crippen molar-refractivity contribution in [3.05, 3.63) is 76.3 Å². The van der Waals surface area contributed by atoms with E-state index < -0.39 is 52.2 Å². The molecule has 0 spiro atoms. The summed E-state index contributed by atoms with van der Waals surface area (Å²) >= 11 is 13.6. The zero-order valence-corrected chi connectivity index (χ0v) is 31.5. The number of nitrogens with one attached hydrogen (secondary N) is 2. The third-order valence-corrected chi connectivity index (χ3v) is 11.9. The highest BCUT2D eigenvalue weighted by Gasteiger charge is 2.42. The van der Waals surface area contributed by atoms with Crippen LogP contribution in [-0.2, 0) is 24.2 Å². The van der Waals surface area contributed by atoms with Gasteiger partial charge < -0.3 is 25.4 Å². The molecule has 50 heavy (non-hydrogen) atoms.